The van der Waals surface area contributed by atoms with Crippen molar-refractivity contribution in [3.63, 3.8) is 0 Å². The van der Waals surface area contributed by atoms with E-state index in [0.717, 1.165) is 33.2 Å². The van der Waals surface area contributed by atoms with E-state index in [0.29, 0.717) is 32.0 Å². The van der Waals surface area contributed by atoms with Crippen LogP contribution in [0.4, 0.5) is 17.2 Å². The van der Waals surface area contributed by atoms with E-state index in [1.54, 1.807) is 23.5 Å². The van der Waals surface area contributed by atoms with E-state index in [9.17, 15) is 10.1 Å². The molecule has 0 bridgehead atoms. The fourth-order valence-corrected chi connectivity index (χ4v) is 9.55. The Labute approximate surface area is 224 Å². The molecule has 0 radical (unpaired) electrons. The van der Waals surface area contributed by atoms with Crippen LogP contribution in [0.15, 0.2) is 81.8 Å². The quantitative estimate of drug-likeness (QED) is 0.186. The summed E-state index contributed by atoms with van der Waals surface area (Å²) in [5.74, 6) is 1.59. The first kappa shape index (κ1) is 24.7. The van der Waals surface area contributed by atoms with Crippen molar-refractivity contribution >= 4 is 47.0 Å². The third kappa shape index (κ3) is 4.08. The lowest BCUT2D eigenvalue weighted by Gasteiger charge is -2.46. The van der Waals surface area contributed by atoms with Gasteiger partial charge in [-0.3, -0.25) is 10.1 Å². The zero-order chi connectivity index (χ0) is 26.3. The second kappa shape index (κ2) is 9.92. The van der Waals surface area contributed by atoms with Gasteiger partial charge in [0.05, 0.1) is 45.4 Å². The molecular weight excluding hydrogens is 521 g/mol. The molecule has 0 spiro atoms. The summed E-state index contributed by atoms with van der Waals surface area (Å²) in [6.45, 7) is 4.60. The summed E-state index contributed by atoms with van der Waals surface area (Å²) in [5.41, 5.74) is 2.49. The summed E-state index contributed by atoms with van der Waals surface area (Å²) in [7, 11) is -0.653. The molecule has 0 amide bonds. The number of amidine groups is 1. The molecule has 2 aromatic carbocycles. The standard InChI is InChI=1S/C26H26N7O3PS/c1-19-24-26(32(28-19)21-7-4-3-5-8-21)27-25(23-9-6-18-38-23)30(2)37(24,31-14-16-36-17-15-31)29-20-10-12-22(13-11-20)33(34)35/h3-13,18H,14-17H2,1-2H3. The minimum absolute atomic E-state index is 0.0364. The molecule has 1 atom stereocenters. The third-order valence-corrected chi connectivity index (χ3v) is 11.4. The SMILES string of the molecule is Cc1nn(-c2ccccc2)c2c1P(=Nc1ccc([N+](=O)[O-])cc1)(N1CCOCC1)N(C)C(c1cccs1)=N2. The molecule has 0 N–H and O–H groups in total. The van der Waals surface area contributed by atoms with Gasteiger partial charge in [0.15, 0.2) is 19.0 Å². The number of non-ortho nitro benzene ring substituents is 1. The number of nitrogens with zero attached hydrogens (tertiary/aromatic N) is 7. The first-order valence-corrected chi connectivity index (χ1v) is 14.7. The number of morpholine rings is 1. The summed E-state index contributed by atoms with van der Waals surface area (Å²) in [6, 6.07) is 20.6. The zero-order valence-corrected chi connectivity index (χ0v) is 22.7. The van der Waals surface area contributed by atoms with E-state index in [-0.39, 0.29) is 5.69 Å². The highest BCUT2D eigenvalue weighted by atomic mass is 32.1. The van der Waals surface area contributed by atoms with Crippen LogP contribution in [-0.2, 0) is 4.74 Å². The van der Waals surface area contributed by atoms with Crippen molar-refractivity contribution in [2.45, 2.75) is 6.92 Å². The Bertz CT molecular complexity index is 1560. The smallest absolute Gasteiger partial charge is 0.269 e. The number of aryl methyl sites for hydroxylation is 1. The van der Waals surface area contributed by atoms with Gasteiger partial charge in [-0.1, -0.05) is 24.3 Å². The summed E-state index contributed by atoms with van der Waals surface area (Å²) in [5, 5.41) is 19.3. The highest BCUT2D eigenvalue weighted by Crippen LogP contribution is 2.62. The second-order valence-electron chi connectivity index (χ2n) is 8.95. The number of hydrogen-bond acceptors (Lipinski definition) is 7. The fourth-order valence-electron chi connectivity index (χ4n) is 4.93. The van der Waals surface area contributed by atoms with Crippen LogP contribution >= 0.6 is 18.7 Å². The third-order valence-electron chi connectivity index (χ3n) is 6.68. The molecule has 0 aliphatic carbocycles. The fraction of sp³-hybridized carbons (Fsp3) is 0.231. The van der Waals surface area contributed by atoms with Gasteiger partial charge >= 0.3 is 0 Å². The number of rotatable bonds is 5. The number of nitro groups is 1. The van der Waals surface area contributed by atoms with Crippen LogP contribution < -0.4 is 5.30 Å². The number of benzene rings is 2. The lowest BCUT2D eigenvalue weighted by Crippen LogP contribution is -2.45. The van der Waals surface area contributed by atoms with Crippen LogP contribution in [-0.4, -0.2) is 63.2 Å². The molecule has 2 aliphatic heterocycles. The van der Waals surface area contributed by atoms with Crippen molar-refractivity contribution < 1.29 is 9.66 Å². The maximum absolute atomic E-state index is 11.3. The lowest BCUT2D eigenvalue weighted by molar-refractivity contribution is -0.384. The van der Waals surface area contributed by atoms with Gasteiger partial charge < -0.3 is 9.41 Å². The topological polar surface area (TPSA) is 101 Å². The van der Waals surface area contributed by atoms with Gasteiger partial charge in [0.2, 0.25) is 0 Å². The van der Waals surface area contributed by atoms with Gasteiger partial charge in [-0.15, -0.1) is 11.3 Å². The van der Waals surface area contributed by atoms with Crippen molar-refractivity contribution in [1.29, 1.82) is 0 Å². The number of ether oxygens (including phenoxy) is 1. The molecule has 194 valence electrons. The Morgan fingerprint density at radius 2 is 1.79 bits per heavy atom. The zero-order valence-electron chi connectivity index (χ0n) is 21.0. The highest BCUT2D eigenvalue weighted by molar-refractivity contribution is 7.70. The van der Waals surface area contributed by atoms with Crippen molar-refractivity contribution in [2.24, 2.45) is 9.74 Å². The van der Waals surface area contributed by atoms with E-state index >= 15 is 0 Å². The molecule has 0 saturated carbocycles. The largest absolute Gasteiger partial charge is 0.379 e. The molecule has 6 rings (SSSR count). The van der Waals surface area contributed by atoms with Gasteiger partial charge in [0.25, 0.3) is 5.69 Å². The summed E-state index contributed by atoms with van der Waals surface area (Å²) >= 11 is 1.63. The first-order valence-electron chi connectivity index (χ1n) is 12.2. The Morgan fingerprint density at radius 1 is 1.05 bits per heavy atom. The number of thiophene rings is 1. The molecule has 4 aromatic rings. The van der Waals surface area contributed by atoms with E-state index < -0.39 is 12.3 Å². The molecule has 1 fully saturated rings. The maximum atomic E-state index is 11.3. The highest BCUT2D eigenvalue weighted by Gasteiger charge is 2.45. The molecule has 1 unspecified atom stereocenters. The number of hydrogen-bond donors (Lipinski definition) is 0. The predicted molar refractivity (Wildman–Crippen MR) is 151 cm³/mol. The number of aromatic nitrogens is 2. The molecule has 2 aromatic heterocycles. The summed E-state index contributed by atoms with van der Waals surface area (Å²) in [6.07, 6.45) is 0. The molecule has 4 heterocycles. The van der Waals surface area contributed by atoms with E-state index in [1.165, 1.54) is 12.1 Å². The monoisotopic (exact) mass is 547 g/mol. The second-order valence-corrected chi connectivity index (χ2v) is 12.8. The van der Waals surface area contributed by atoms with E-state index in [4.69, 9.17) is 19.6 Å². The number of aliphatic imine (C=N–C) groups is 1. The normalized spacial score (nSPS) is 19.6. The van der Waals surface area contributed by atoms with Crippen molar-refractivity contribution in [2.75, 3.05) is 33.4 Å². The average Bonchev–Trinajstić information content (AvgIpc) is 3.60. The first-order chi connectivity index (χ1) is 18.5. The Balaban J connectivity index is 1.68. The molecule has 38 heavy (non-hydrogen) atoms. The van der Waals surface area contributed by atoms with E-state index in [1.807, 2.05) is 53.4 Å². The molecular formula is C26H26N7O3PS. The Morgan fingerprint density at radius 3 is 2.45 bits per heavy atom. The number of fused-ring (bicyclic) bond motifs is 1. The lowest BCUT2D eigenvalue weighted by atomic mass is 10.3. The van der Waals surface area contributed by atoms with E-state index in [2.05, 4.69) is 22.5 Å². The van der Waals surface area contributed by atoms with Crippen LogP contribution in [0.1, 0.15) is 10.6 Å². The average molecular weight is 548 g/mol. The van der Waals surface area contributed by atoms with Crippen molar-refractivity contribution in [1.82, 2.24) is 19.1 Å². The van der Waals surface area contributed by atoms with Crippen LogP contribution in [0.25, 0.3) is 5.69 Å². The Kier molecular flexibility index (Phi) is 6.45. The summed E-state index contributed by atoms with van der Waals surface area (Å²) in [4.78, 5) is 17.2. The van der Waals surface area contributed by atoms with Crippen LogP contribution in [0.3, 0.4) is 0 Å². The minimum atomic E-state index is -2.71. The molecule has 12 heteroatoms. The minimum Gasteiger partial charge on any atom is -0.379 e. The van der Waals surface area contributed by atoms with Gasteiger partial charge in [-0.05, 0) is 42.6 Å². The van der Waals surface area contributed by atoms with Gasteiger partial charge in [-0.25, -0.2) is 19.1 Å². The van der Waals surface area contributed by atoms with Gasteiger partial charge in [-0.2, -0.15) is 5.10 Å². The van der Waals surface area contributed by atoms with Crippen LogP contribution in [0.2, 0.25) is 0 Å². The van der Waals surface area contributed by atoms with Crippen LogP contribution in [0, 0.1) is 17.0 Å². The van der Waals surface area contributed by atoms with Gasteiger partial charge in [0, 0.05) is 32.3 Å². The maximum Gasteiger partial charge on any atom is 0.269 e. The van der Waals surface area contributed by atoms with Crippen molar-refractivity contribution in [3.8, 4) is 5.69 Å². The predicted octanol–water partition coefficient (Wildman–Crippen LogP) is 5.49. The van der Waals surface area contributed by atoms with Crippen molar-refractivity contribution in [3.05, 3.63) is 92.8 Å². The summed E-state index contributed by atoms with van der Waals surface area (Å²) < 4.78 is 17.8. The Hall–Kier alpha value is -3.63. The van der Waals surface area contributed by atoms with Gasteiger partial charge in [0.1, 0.15) is 0 Å². The number of para-hydroxylation sites is 1. The molecule has 10 nitrogen and oxygen atoms in total. The molecule has 1 saturated heterocycles. The van der Waals surface area contributed by atoms with Crippen LogP contribution in [0.5, 0.6) is 0 Å². The molecule has 2 aliphatic rings. The number of nitro benzene ring substituents is 1.